The van der Waals surface area contributed by atoms with E-state index in [1.165, 1.54) is 32.1 Å². The second kappa shape index (κ2) is 6.58. The van der Waals surface area contributed by atoms with Crippen LogP contribution in [0.15, 0.2) is 0 Å². The van der Waals surface area contributed by atoms with E-state index >= 15 is 0 Å². The second-order valence-corrected chi connectivity index (χ2v) is 7.93. The molecule has 0 radical (unpaired) electrons. The molecule has 114 valence electrons. The lowest BCUT2D eigenvalue weighted by atomic mass is 9.70. The first-order chi connectivity index (χ1) is 8.70. The smallest absolute Gasteiger partial charge is 0.0413 e. The van der Waals surface area contributed by atoms with Crippen molar-refractivity contribution in [3.63, 3.8) is 0 Å². The van der Waals surface area contributed by atoms with Crippen LogP contribution in [0.2, 0.25) is 0 Å². The highest BCUT2D eigenvalue weighted by molar-refractivity contribution is 4.96. The number of hydroxylamine groups is 2. The molecule has 1 heterocycles. The van der Waals surface area contributed by atoms with Gasteiger partial charge in [-0.3, -0.25) is 0 Å². The van der Waals surface area contributed by atoms with Crippen molar-refractivity contribution in [2.75, 3.05) is 0 Å². The molecule has 0 saturated carbocycles. The van der Waals surface area contributed by atoms with Gasteiger partial charge in [-0.2, -0.15) is 5.06 Å². The summed E-state index contributed by atoms with van der Waals surface area (Å²) in [6, 6.07) is 0. The van der Waals surface area contributed by atoms with Crippen molar-refractivity contribution in [3.05, 3.63) is 0 Å². The Bertz CT molecular complexity index is 254. The maximum atomic E-state index is 10.3. The van der Waals surface area contributed by atoms with Gasteiger partial charge in [-0.25, -0.2) is 0 Å². The van der Waals surface area contributed by atoms with Crippen molar-refractivity contribution in [2.24, 2.45) is 11.8 Å². The number of hydrogen-bond donors (Lipinski definition) is 1. The third kappa shape index (κ3) is 4.46. The molecule has 0 amide bonds. The average molecular weight is 269 g/mol. The van der Waals surface area contributed by atoms with Crippen LogP contribution in [-0.4, -0.2) is 21.3 Å². The highest BCUT2D eigenvalue weighted by Gasteiger charge is 2.45. The Morgan fingerprint density at radius 2 is 1.58 bits per heavy atom. The Morgan fingerprint density at radius 3 is 2.05 bits per heavy atom. The van der Waals surface area contributed by atoms with Gasteiger partial charge in [0.1, 0.15) is 0 Å². The van der Waals surface area contributed by atoms with Crippen molar-refractivity contribution in [1.82, 2.24) is 5.06 Å². The van der Waals surface area contributed by atoms with Crippen LogP contribution < -0.4 is 0 Å². The van der Waals surface area contributed by atoms with Gasteiger partial charge >= 0.3 is 0 Å². The molecule has 1 rings (SSSR count). The first kappa shape index (κ1) is 17.0. The summed E-state index contributed by atoms with van der Waals surface area (Å²) in [6.07, 6.45) is 9.02. The van der Waals surface area contributed by atoms with Gasteiger partial charge in [0.15, 0.2) is 0 Å². The lowest BCUT2D eigenvalue weighted by Gasteiger charge is -2.52. The maximum Gasteiger partial charge on any atom is 0.0413 e. The van der Waals surface area contributed by atoms with Crippen LogP contribution in [0.3, 0.4) is 0 Å². The SMILES string of the molecule is CCCCCCC(C)C1CC(C)(C)N(O)C(C)(C)C1. The summed E-state index contributed by atoms with van der Waals surface area (Å²) in [7, 11) is 0. The van der Waals surface area contributed by atoms with Crippen LogP contribution in [0, 0.1) is 11.8 Å². The Balaban J connectivity index is 2.54. The molecule has 0 bridgehead atoms. The van der Waals surface area contributed by atoms with Crippen LogP contribution in [0.25, 0.3) is 0 Å². The van der Waals surface area contributed by atoms with E-state index in [1.807, 2.05) is 0 Å². The van der Waals surface area contributed by atoms with Crippen molar-refractivity contribution in [3.8, 4) is 0 Å². The minimum Gasteiger partial charge on any atom is -0.313 e. The molecule has 0 aromatic rings. The summed E-state index contributed by atoms with van der Waals surface area (Å²) in [4.78, 5) is 0. The summed E-state index contributed by atoms with van der Waals surface area (Å²) in [5, 5.41) is 11.9. The molecule has 2 nitrogen and oxygen atoms in total. The first-order valence-electron chi connectivity index (χ1n) is 8.20. The molecule has 1 N–H and O–H groups in total. The molecular formula is C17H35NO. The average Bonchev–Trinajstić information content (AvgIpc) is 2.30. The lowest BCUT2D eigenvalue weighted by Crippen LogP contribution is -2.59. The van der Waals surface area contributed by atoms with Gasteiger partial charge < -0.3 is 5.21 Å². The summed E-state index contributed by atoms with van der Waals surface area (Å²) in [6.45, 7) is 13.4. The topological polar surface area (TPSA) is 23.5 Å². The normalized spacial score (nSPS) is 25.4. The number of nitrogens with zero attached hydrogens (tertiary/aromatic N) is 1. The van der Waals surface area contributed by atoms with E-state index in [2.05, 4.69) is 41.5 Å². The van der Waals surface area contributed by atoms with E-state index in [9.17, 15) is 5.21 Å². The van der Waals surface area contributed by atoms with E-state index in [0.717, 1.165) is 24.7 Å². The zero-order valence-electron chi connectivity index (χ0n) is 14.0. The monoisotopic (exact) mass is 269 g/mol. The van der Waals surface area contributed by atoms with E-state index in [4.69, 9.17) is 0 Å². The van der Waals surface area contributed by atoms with Gasteiger partial charge in [0.2, 0.25) is 0 Å². The van der Waals surface area contributed by atoms with Crippen molar-refractivity contribution in [1.29, 1.82) is 0 Å². The third-order valence-corrected chi connectivity index (χ3v) is 4.99. The van der Waals surface area contributed by atoms with Gasteiger partial charge in [0, 0.05) is 11.1 Å². The zero-order chi connectivity index (χ0) is 14.7. The third-order valence-electron chi connectivity index (χ3n) is 4.99. The van der Waals surface area contributed by atoms with Gasteiger partial charge in [0.25, 0.3) is 0 Å². The van der Waals surface area contributed by atoms with E-state index in [-0.39, 0.29) is 11.1 Å². The quantitative estimate of drug-likeness (QED) is 0.666. The van der Waals surface area contributed by atoms with Gasteiger partial charge in [-0.1, -0.05) is 46.0 Å². The zero-order valence-corrected chi connectivity index (χ0v) is 14.0. The maximum absolute atomic E-state index is 10.3. The van der Waals surface area contributed by atoms with Crippen LogP contribution in [-0.2, 0) is 0 Å². The van der Waals surface area contributed by atoms with Gasteiger partial charge in [-0.15, -0.1) is 0 Å². The molecule has 1 atom stereocenters. The fourth-order valence-corrected chi connectivity index (χ4v) is 3.88. The number of unbranched alkanes of at least 4 members (excludes halogenated alkanes) is 3. The van der Waals surface area contributed by atoms with Crippen molar-refractivity contribution >= 4 is 0 Å². The standard InChI is InChI=1S/C17H35NO/c1-7-8-9-10-11-14(2)15-12-16(3,4)18(19)17(5,6)13-15/h14-15,19H,7-13H2,1-6H3. The van der Waals surface area contributed by atoms with E-state index in [0.29, 0.717) is 0 Å². The first-order valence-corrected chi connectivity index (χ1v) is 8.20. The molecule has 0 aromatic carbocycles. The van der Waals surface area contributed by atoms with Crippen molar-refractivity contribution < 1.29 is 5.21 Å². The Kier molecular flexibility index (Phi) is 5.88. The molecule has 0 aromatic heterocycles. The molecule has 19 heavy (non-hydrogen) atoms. The number of rotatable bonds is 6. The van der Waals surface area contributed by atoms with Crippen LogP contribution in [0.1, 0.15) is 86.5 Å². The minimum atomic E-state index is -0.0932. The van der Waals surface area contributed by atoms with Crippen LogP contribution in [0.4, 0.5) is 0 Å². The van der Waals surface area contributed by atoms with Crippen LogP contribution >= 0.6 is 0 Å². The molecule has 1 aliphatic rings. The van der Waals surface area contributed by atoms with Gasteiger partial charge in [0.05, 0.1) is 0 Å². The summed E-state index contributed by atoms with van der Waals surface area (Å²) in [5.74, 6) is 1.53. The molecule has 1 saturated heterocycles. The highest BCUT2D eigenvalue weighted by Crippen LogP contribution is 2.43. The Morgan fingerprint density at radius 1 is 1.05 bits per heavy atom. The molecule has 2 heteroatoms. The Hall–Kier alpha value is -0.0800. The molecule has 1 fully saturated rings. The number of hydrogen-bond acceptors (Lipinski definition) is 2. The molecule has 0 aliphatic carbocycles. The molecule has 0 spiro atoms. The molecule has 1 unspecified atom stereocenters. The molecule has 1 aliphatic heterocycles. The highest BCUT2D eigenvalue weighted by atomic mass is 16.5. The predicted molar refractivity (Wildman–Crippen MR) is 82.4 cm³/mol. The predicted octanol–water partition coefficient (Wildman–Crippen LogP) is 5.25. The van der Waals surface area contributed by atoms with E-state index < -0.39 is 0 Å². The minimum absolute atomic E-state index is 0.0932. The van der Waals surface area contributed by atoms with Gasteiger partial charge in [-0.05, 0) is 52.4 Å². The lowest BCUT2D eigenvalue weighted by molar-refractivity contribution is -0.254. The van der Waals surface area contributed by atoms with Crippen molar-refractivity contribution in [2.45, 2.75) is 97.6 Å². The fraction of sp³-hybridized carbons (Fsp3) is 1.00. The molecular weight excluding hydrogens is 234 g/mol. The summed E-state index contributed by atoms with van der Waals surface area (Å²) < 4.78 is 0. The largest absolute Gasteiger partial charge is 0.313 e. The summed E-state index contributed by atoms with van der Waals surface area (Å²) >= 11 is 0. The summed E-state index contributed by atoms with van der Waals surface area (Å²) in [5.41, 5.74) is -0.186. The second-order valence-electron chi connectivity index (χ2n) is 7.93. The fourth-order valence-electron chi connectivity index (χ4n) is 3.88. The van der Waals surface area contributed by atoms with Crippen LogP contribution in [0.5, 0.6) is 0 Å². The Labute approximate surface area is 120 Å². The number of piperidine rings is 1. The van der Waals surface area contributed by atoms with E-state index in [1.54, 1.807) is 5.06 Å².